The first-order valence-electron chi connectivity index (χ1n) is 4.36. The van der Waals surface area contributed by atoms with Crippen molar-refractivity contribution in [1.82, 2.24) is 9.55 Å². The lowest BCUT2D eigenvalue weighted by Crippen LogP contribution is -2.01. The number of aryl methyl sites for hydroxylation is 2. The van der Waals surface area contributed by atoms with E-state index < -0.39 is 5.97 Å². The highest BCUT2D eigenvalue weighted by atomic mass is 79.9. The Balaban J connectivity index is 2.87. The number of pyridine rings is 1. The second-order valence-electron chi connectivity index (χ2n) is 3.42. The number of carbonyl (C=O) groups is 1. The van der Waals surface area contributed by atoms with Crippen molar-refractivity contribution in [2.24, 2.45) is 7.05 Å². The quantitative estimate of drug-likeness (QED) is 0.864. The van der Waals surface area contributed by atoms with Gasteiger partial charge in [0.25, 0.3) is 0 Å². The topological polar surface area (TPSA) is 55.1 Å². The number of aromatic carboxylic acids is 1. The maximum Gasteiger partial charge on any atom is 0.354 e. The number of hydrogen-bond acceptors (Lipinski definition) is 2. The van der Waals surface area contributed by atoms with Gasteiger partial charge >= 0.3 is 5.97 Å². The molecule has 2 aromatic heterocycles. The summed E-state index contributed by atoms with van der Waals surface area (Å²) in [4.78, 5) is 14.9. The second kappa shape index (κ2) is 3.34. The van der Waals surface area contributed by atoms with E-state index in [1.165, 1.54) is 6.07 Å². The van der Waals surface area contributed by atoms with E-state index in [0.717, 1.165) is 15.4 Å². The molecule has 2 aromatic rings. The molecule has 2 heterocycles. The fourth-order valence-electron chi connectivity index (χ4n) is 1.65. The molecule has 78 valence electrons. The Morgan fingerprint density at radius 1 is 1.60 bits per heavy atom. The van der Waals surface area contributed by atoms with Gasteiger partial charge in [-0.3, -0.25) is 0 Å². The number of carboxylic acid groups (broad SMARTS) is 1. The van der Waals surface area contributed by atoms with E-state index in [1.807, 2.05) is 24.7 Å². The summed E-state index contributed by atoms with van der Waals surface area (Å²) in [6.07, 6.45) is 1.92. The number of halogens is 1. The van der Waals surface area contributed by atoms with Crippen LogP contribution >= 0.6 is 15.9 Å². The molecule has 0 saturated heterocycles. The summed E-state index contributed by atoms with van der Waals surface area (Å²) in [7, 11) is 1.85. The van der Waals surface area contributed by atoms with Crippen LogP contribution in [0.2, 0.25) is 0 Å². The first-order valence-corrected chi connectivity index (χ1v) is 5.15. The molecule has 4 nitrogen and oxygen atoms in total. The number of fused-ring (bicyclic) bond motifs is 1. The zero-order valence-corrected chi connectivity index (χ0v) is 9.87. The number of aromatic nitrogens is 2. The van der Waals surface area contributed by atoms with E-state index in [4.69, 9.17) is 5.11 Å². The molecule has 0 bridgehead atoms. The predicted octanol–water partition coefficient (Wildman–Crippen LogP) is 2.34. The Labute approximate surface area is 94.7 Å². The van der Waals surface area contributed by atoms with Crippen molar-refractivity contribution in [3.8, 4) is 0 Å². The molecule has 1 N–H and O–H groups in total. The monoisotopic (exact) mass is 268 g/mol. The van der Waals surface area contributed by atoms with E-state index in [9.17, 15) is 4.79 Å². The van der Waals surface area contributed by atoms with Gasteiger partial charge in [0.1, 0.15) is 5.65 Å². The van der Waals surface area contributed by atoms with Crippen molar-refractivity contribution >= 4 is 32.9 Å². The van der Waals surface area contributed by atoms with Crippen LogP contribution in [0.5, 0.6) is 0 Å². The standard InChI is InChI=1S/C10H9BrN2O2/c1-5-4-13(2)9-8(5)6(11)3-7(12-9)10(14)15/h3-4H,1-2H3,(H,14,15). The van der Waals surface area contributed by atoms with E-state index in [1.54, 1.807) is 0 Å². The van der Waals surface area contributed by atoms with Crippen molar-refractivity contribution in [3.05, 3.63) is 28.0 Å². The number of hydrogen-bond donors (Lipinski definition) is 1. The lowest BCUT2D eigenvalue weighted by Gasteiger charge is -2.00. The van der Waals surface area contributed by atoms with Crippen LogP contribution in [0.25, 0.3) is 11.0 Å². The summed E-state index contributed by atoms with van der Waals surface area (Å²) in [6, 6.07) is 1.53. The average molecular weight is 269 g/mol. The van der Waals surface area contributed by atoms with Gasteiger partial charge < -0.3 is 9.67 Å². The Kier molecular flexibility index (Phi) is 2.26. The molecule has 0 fully saturated rings. The van der Waals surface area contributed by atoms with E-state index in [0.29, 0.717) is 5.65 Å². The summed E-state index contributed by atoms with van der Waals surface area (Å²) in [5, 5.41) is 9.83. The molecule has 0 aromatic carbocycles. The predicted molar refractivity (Wildman–Crippen MR) is 60.1 cm³/mol. The largest absolute Gasteiger partial charge is 0.477 e. The maximum absolute atomic E-state index is 10.8. The summed E-state index contributed by atoms with van der Waals surface area (Å²) >= 11 is 3.36. The summed E-state index contributed by atoms with van der Waals surface area (Å²) < 4.78 is 2.59. The van der Waals surface area contributed by atoms with E-state index >= 15 is 0 Å². The number of nitrogens with zero attached hydrogens (tertiary/aromatic N) is 2. The minimum atomic E-state index is -1.02. The Hall–Kier alpha value is -1.36. The first kappa shape index (κ1) is 10.2. The molecule has 0 unspecified atom stereocenters. The molecule has 0 atom stereocenters. The summed E-state index contributed by atoms with van der Waals surface area (Å²) in [5.41, 5.74) is 1.80. The molecule has 0 aliphatic carbocycles. The minimum absolute atomic E-state index is 0.0515. The number of rotatable bonds is 1. The van der Waals surface area contributed by atoms with Gasteiger partial charge in [0.05, 0.1) is 0 Å². The smallest absolute Gasteiger partial charge is 0.354 e. The lowest BCUT2D eigenvalue weighted by atomic mass is 10.2. The van der Waals surface area contributed by atoms with Gasteiger partial charge in [0.2, 0.25) is 0 Å². The molecule has 2 rings (SSSR count). The van der Waals surface area contributed by atoms with Crippen LogP contribution < -0.4 is 0 Å². The Morgan fingerprint density at radius 2 is 2.27 bits per heavy atom. The van der Waals surface area contributed by atoms with Crippen LogP contribution in [0.15, 0.2) is 16.7 Å². The van der Waals surface area contributed by atoms with Crippen molar-refractivity contribution in [2.75, 3.05) is 0 Å². The van der Waals surface area contributed by atoms with Gasteiger partial charge in [0.15, 0.2) is 5.69 Å². The molecule has 0 aliphatic rings. The van der Waals surface area contributed by atoms with Crippen molar-refractivity contribution in [1.29, 1.82) is 0 Å². The Morgan fingerprint density at radius 3 is 2.87 bits per heavy atom. The van der Waals surface area contributed by atoms with Gasteiger partial charge in [-0.2, -0.15) is 0 Å². The number of carboxylic acids is 1. The SMILES string of the molecule is Cc1cn(C)c2nc(C(=O)O)cc(Br)c12. The van der Waals surface area contributed by atoms with Crippen LogP contribution in [0.3, 0.4) is 0 Å². The summed E-state index contributed by atoms with van der Waals surface area (Å²) in [5.74, 6) is -1.02. The molecular formula is C10H9BrN2O2. The van der Waals surface area contributed by atoms with Crippen LogP contribution in [0.1, 0.15) is 16.1 Å². The summed E-state index contributed by atoms with van der Waals surface area (Å²) in [6.45, 7) is 1.97. The van der Waals surface area contributed by atoms with E-state index in [-0.39, 0.29) is 5.69 Å². The first-order chi connectivity index (χ1) is 7.00. The van der Waals surface area contributed by atoms with Gasteiger partial charge in [-0.15, -0.1) is 0 Å². The fraction of sp³-hybridized carbons (Fsp3) is 0.200. The van der Waals surface area contributed by atoms with Crippen molar-refractivity contribution < 1.29 is 9.90 Å². The van der Waals surface area contributed by atoms with Crippen molar-refractivity contribution in [2.45, 2.75) is 6.92 Å². The Bertz CT molecular complexity index is 560. The maximum atomic E-state index is 10.8. The highest BCUT2D eigenvalue weighted by Crippen LogP contribution is 2.27. The van der Waals surface area contributed by atoms with Crippen LogP contribution in [0, 0.1) is 6.92 Å². The molecule has 15 heavy (non-hydrogen) atoms. The van der Waals surface area contributed by atoms with Gasteiger partial charge in [0, 0.05) is 23.1 Å². The normalized spacial score (nSPS) is 10.9. The third-order valence-corrected chi connectivity index (χ3v) is 2.91. The van der Waals surface area contributed by atoms with Gasteiger partial charge in [-0.25, -0.2) is 9.78 Å². The molecule has 0 amide bonds. The molecule has 0 radical (unpaired) electrons. The third kappa shape index (κ3) is 1.52. The van der Waals surface area contributed by atoms with Crippen LogP contribution in [0.4, 0.5) is 0 Å². The van der Waals surface area contributed by atoms with Crippen LogP contribution in [-0.4, -0.2) is 20.6 Å². The molecule has 0 aliphatic heterocycles. The molecule has 5 heteroatoms. The minimum Gasteiger partial charge on any atom is -0.477 e. The molecular weight excluding hydrogens is 260 g/mol. The molecule has 0 spiro atoms. The zero-order chi connectivity index (χ0) is 11.2. The van der Waals surface area contributed by atoms with Crippen LogP contribution in [-0.2, 0) is 7.05 Å². The van der Waals surface area contributed by atoms with Gasteiger partial charge in [-0.1, -0.05) is 0 Å². The highest BCUT2D eigenvalue weighted by molar-refractivity contribution is 9.10. The van der Waals surface area contributed by atoms with Crippen molar-refractivity contribution in [3.63, 3.8) is 0 Å². The average Bonchev–Trinajstić information content (AvgIpc) is 2.42. The third-order valence-electron chi connectivity index (χ3n) is 2.29. The molecule has 0 saturated carbocycles. The van der Waals surface area contributed by atoms with E-state index in [2.05, 4.69) is 20.9 Å². The lowest BCUT2D eigenvalue weighted by molar-refractivity contribution is 0.0691. The van der Waals surface area contributed by atoms with Gasteiger partial charge in [-0.05, 0) is 34.5 Å². The second-order valence-corrected chi connectivity index (χ2v) is 4.27. The highest BCUT2D eigenvalue weighted by Gasteiger charge is 2.13. The zero-order valence-electron chi connectivity index (χ0n) is 8.28. The fourth-order valence-corrected chi connectivity index (χ4v) is 2.35.